The number of aliphatic hydroxyl groups excluding tert-OH is 1. The van der Waals surface area contributed by atoms with E-state index < -0.39 is 0 Å². The Hall–Kier alpha value is -0.930. The van der Waals surface area contributed by atoms with Gasteiger partial charge >= 0.3 is 0 Å². The van der Waals surface area contributed by atoms with E-state index in [1.807, 2.05) is 19.9 Å². The fourth-order valence-corrected chi connectivity index (χ4v) is 1.79. The molecule has 0 aromatic heterocycles. The van der Waals surface area contributed by atoms with E-state index in [-0.39, 0.29) is 18.8 Å². The number of aliphatic hydroxyl groups is 1. The second-order valence-electron chi connectivity index (χ2n) is 4.20. The molecule has 1 aliphatic heterocycles. The summed E-state index contributed by atoms with van der Waals surface area (Å²) in [5.74, 6) is 1.23. The Balaban J connectivity index is 2.55. The summed E-state index contributed by atoms with van der Waals surface area (Å²) in [7, 11) is 0. The standard InChI is InChI=1S/C11H13ClO3/c1-11(2,5-13)7-3-4-8(12)10-9(7)14-6-15-10/h3-4,13H,5-6H2,1-2H3. The first-order chi connectivity index (χ1) is 7.06. The average molecular weight is 229 g/mol. The fourth-order valence-electron chi connectivity index (χ4n) is 1.58. The van der Waals surface area contributed by atoms with Crippen molar-refractivity contribution in [3.8, 4) is 11.5 Å². The molecule has 0 unspecified atom stereocenters. The molecule has 0 radical (unpaired) electrons. The number of benzene rings is 1. The maximum atomic E-state index is 9.32. The van der Waals surface area contributed by atoms with Gasteiger partial charge < -0.3 is 14.6 Å². The molecule has 3 nitrogen and oxygen atoms in total. The Labute approximate surface area is 93.6 Å². The van der Waals surface area contributed by atoms with Crippen molar-refractivity contribution in [2.75, 3.05) is 13.4 Å². The van der Waals surface area contributed by atoms with Crippen molar-refractivity contribution in [1.29, 1.82) is 0 Å². The lowest BCUT2D eigenvalue weighted by Gasteiger charge is -2.23. The number of halogens is 1. The van der Waals surface area contributed by atoms with E-state index in [2.05, 4.69) is 0 Å². The zero-order valence-electron chi connectivity index (χ0n) is 8.71. The Kier molecular flexibility index (Phi) is 2.52. The summed E-state index contributed by atoms with van der Waals surface area (Å²) in [4.78, 5) is 0. The second-order valence-corrected chi connectivity index (χ2v) is 4.61. The largest absolute Gasteiger partial charge is 0.453 e. The number of ether oxygens (including phenoxy) is 2. The molecule has 1 aromatic rings. The molecule has 1 heterocycles. The zero-order valence-corrected chi connectivity index (χ0v) is 9.47. The Morgan fingerprint density at radius 2 is 2.00 bits per heavy atom. The second kappa shape index (κ2) is 3.58. The van der Waals surface area contributed by atoms with E-state index in [1.165, 1.54) is 0 Å². The van der Waals surface area contributed by atoms with Gasteiger partial charge in [-0.1, -0.05) is 31.5 Å². The van der Waals surface area contributed by atoms with Crippen LogP contribution in [0.1, 0.15) is 19.4 Å². The molecule has 82 valence electrons. The van der Waals surface area contributed by atoms with Crippen molar-refractivity contribution in [2.24, 2.45) is 0 Å². The third kappa shape index (κ3) is 1.66. The van der Waals surface area contributed by atoms with Gasteiger partial charge in [-0.25, -0.2) is 0 Å². The van der Waals surface area contributed by atoms with Crippen LogP contribution in [0.25, 0.3) is 0 Å². The quantitative estimate of drug-likeness (QED) is 0.845. The highest BCUT2D eigenvalue weighted by molar-refractivity contribution is 6.32. The number of hydrogen-bond donors (Lipinski definition) is 1. The third-order valence-corrected chi connectivity index (χ3v) is 2.89. The molecule has 0 fully saturated rings. The molecule has 0 amide bonds. The normalized spacial score (nSPS) is 14.4. The molecule has 0 aliphatic carbocycles. The number of rotatable bonds is 2. The van der Waals surface area contributed by atoms with Crippen LogP contribution in [0.2, 0.25) is 5.02 Å². The molecule has 1 N–H and O–H groups in total. The van der Waals surface area contributed by atoms with Gasteiger partial charge in [0.1, 0.15) is 0 Å². The van der Waals surface area contributed by atoms with Crippen LogP contribution in [-0.2, 0) is 5.41 Å². The van der Waals surface area contributed by atoms with Gasteiger partial charge in [0.25, 0.3) is 0 Å². The first-order valence-corrected chi connectivity index (χ1v) is 5.13. The summed E-state index contributed by atoms with van der Waals surface area (Å²) >= 11 is 5.97. The Morgan fingerprint density at radius 3 is 2.67 bits per heavy atom. The maximum Gasteiger partial charge on any atom is 0.231 e. The zero-order chi connectivity index (χ0) is 11.1. The van der Waals surface area contributed by atoms with E-state index in [1.54, 1.807) is 6.07 Å². The SMILES string of the molecule is CC(C)(CO)c1ccc(Cl)c2c1OCO2. The average Bonchev–Trinajstić information content (AvgIpc) is 2.67. The van der Waals surface area contributed by atoms with Gasteiger partial charge in [0.05, 0.1) is 11.6 Å². The summed E-state index contributed by atoms with van der Waals surface area (Å²) < 4.78 is 10.7. The number of hydrogen-bond acceptors (Lipinski definition) is 3. The first-order valence-electron chi connectivity index (χ1n) is 4.76. The van der Waals surface area contributed by atoms with E-state index in [9.17, 15) is 5.11 Å². The lowest BCUT2D eigenvalue weighted by atomic mass is 9.85. The lowest BCUT2D eigenvalue weighted by Crippen LogP contribution is -2.22. The van der Waals surface area contributed by atoms with Crippen LogP contribution < -0.4 is 9.47 Å². The van der Waals surface area contributed by atoms with Crippen LogP contribution in [-0.4, -0.2) is 18.5 Å². The number of fused-ring (bicyclic) bond motifs is 1. The highest BCUT2D eigenvalue weighted by Crippen LogP contribution is 2.45. The highest BCUT2D eigenvalue weighted by Gasteiger charge is 2.30. The van der Waals surface area contributed by atoms with Gasteiger partial charge in [0.15, 0.2) is 11.5 Å². The van der Waals surface area contributed by atoms with Crippen molar-refractivity contribution in [3.63, 3.8) is 0 Å². The van der Waals surface area contributed by atoms with Gasteiger partial charge in [-0.05, 0) is 6.07 Å². The van der Waals surface area contributed by atoms with E-state index in [0.717, 1.165) is 5.56 Å². The molecule has 1 aliphatic rings. The molecule has 15 heavy (non-hydrogen) atoms. The molecular formula is C11H13ClO3. The summed E-state index contributed by atoms with van der Waals surface area (Å²) in [5, 5.41) is 9.86. The molecule has 1 aromatic carbocycles. The molecule has 2 rings (SSSR count). The van der Waals surface area contributed by atoms with Crippen LogP contribution in [0.15, 0.2) is 12.1 Å². The molecule has 0 atom stereocenters. The van der Waals surface area contributed by atoms with Crippen LogP contribution in [0.3, 0.4) is 0 Å². The third-order valence-electron chi connectivity index (χ3n) is 2.60. The van der Waals surface area contributed by atoms with Gasteiger partial charge in [-0.2, -0.15) is 0 Å². The predicted octanol–water partition coefficient (Wildman–Crippen LogP) is 2.34. The van der Waals surface area contributed by atoms with Crippen molar-refractivity contribution in [2.45, 2.75) is 19.3 Å². The fraction of sp³-hybridized carbons (Fsp3) is 0.455. The first kappa shape index (κ1) is 10.6. The van der Waals surface area contributed by atoms with Gasteiger partial charge in [0.2, 0.25) is 6.79 Å². The molecule has 4 heteroatoms. The molecule has 0 saturated heterocycles. The monoisotopic (exact) mass is 228 g/mol. The minimum atomic E-state index is -0.359. The van der Waals surface area contributed by atoms with Crippen molar-refractivity contribution in [3.05, 3.63) is 22.7 Å². The van der Waals surface area contributed by atoms with Gasteiger partial charge in [-0.3, -0.25) is 0 Å². The topological polar surface area (TPSA) is 38.7 Å². The van der Waals surface area contributed by atoms with E-state index in [4.69, 9.17) is 21.1 Å². The van der Waals surface area contributed by atoms with Crippen LogP contribution >= 0.6 is 11.6 Å². The summed E-state index contributed by atoms with van der Waals surface area (Å²) in [5.41, 5.74) is 0.560. The summed E-state index contributed by atoms with van der Waals surface area (Å²) in [6.45, 7) is 4.12. The lowest BCUT2D eigenvalue weighted by molar-refractivity contribution is 0.169. The van der Waals surface area contributed by atoms with Crippen LogP contribution in [0.4, 0.5) is 0 Å². The summed E-state index contributed by atoms with van der Waals surface area (Å²) in [6, 6.07) is 3.63. The smallest absolute Gasteiger partial charge is 0.231 e. The Morgan fingerprint density at radius 1 is 1.33 bits per heavy atom. The minimum absolute atomic E-state index is 0.0461. The van der Waals surface area contributed by atoms with Gasteiger partial charge in [-0.15, -0.1) is 0 Å². The van der Waals surface area contributed by atoms with Crippen molar-refractivity contribution >= 4 is 11.6 Å². The van der Waals surface area contributed by atoms with Crippen molar-refractivity contribution in [1.82, 2.24) is 0 Å². The van der Waals surface area contributed by atoms with Crippen molar-refractivity contribution < 1.29 is 14.6 Å². The predicted molar refractivity (Wildman–Crippen MR) is 57.7 cm³/mol. The van der Waals surface area contributed by atoms with Gasteiger partial charge in [0, 0.05) is 11.0 Å². The highest BCUT2D eigenvalue weighted by atomic mass is 35.5. The molecule has 0 bridgehead atoms. The summed E-state index contributed by atoms with van der Waals surface area (Å²) in [6.07, 6.45) is 0. The molecule has 0 spiro atoms. The van der Waals surface area contributed by atoms with Crippen LogP contribution in [0, 0.1) is 0 Å². The molecule has 0 saturated carbocycles. The van der Waals surface area contributed by atoms with E-state index in [0.29, 0.717) is 16.5 Å². The maximum absolute atomic E-state index is 9.32. The minimum Gasteiger partial charge on any atom is -0.453 e. The van der Waals surface area contributed by atoms with E-state index >= 15 is 0 Å². The molecular weight excluding hydrogens is 216 g/mol. The Bertz CT molecular complexity index is 388. The van der Waals surface area contributed by atoms with Crippen LogP contribution in [0.5, 0.6) is 11.5 Å².